The minimum absolute atomic E-state index is 0.580. The summed E-state index contributed by atoms with van der Waals surface area (Å²) in [7, 11) is 0. The Hall–Kier alpha value is 0. The Bertz CT molecular complexity index is 192. The smallest absolute Gasteiger partial charge is 0.0357 e. The van der Waals surface area contributed by atoms with Crippen molar-refractivity contribution >= 4 is 0 Å². The predicted molar refractivity (Wildman–Crippen MR) is 99.0 cm³/mol. The van der Waals surface area contributed by atoms with Crippen molar-refractivity contribution in [3.8, 4) is 0 Å². The molecule has 0 heteroatoms. The SMILES string of the molecule is CCCCCCCCCCCCCCCCC(C)(C)CC. The Kier molecular flexibility index (Phi) is 14.9. The first-order valence-electron chi connectivity index (χ1n) is 10.1. The van der Waals surface area contributed by atoms with Crippen LogP contribution in [0.5, 0.6) is 0 Å². The Morgan fingerprint density at radius 2 is 0.810 bits per heavy atom. The molecule has 0 amide bonds. The highest BCUT2D eigenvalue weighted by molar-refractivity contribution is 4.65. The minimum atomic E-state index is 0.580. The van der Waals surface area contributed by atoms with Crippen LogP contribution in [0.3, 0.4) is 0 Å². The molecule has 0 atom stereocenters. The van der Waals surface area contributed by atoms with E-state index in [1.54, 1.807) is 0 Å². The summed E-state index contributed by atoms with van der Waals surface area (Å²) < 4.78 is 0. The topological polar surface area (TPSA) is 0 Å². The molecule has 21 heavy (non-hydrogen) atoms. The molecule has 0 rings (SSSR count). The van der Waals surface area contributed by atoms with Crippen LogP contribution in [0.2, 0.25) is 0 Å². The van der Waals surface area contributed by atoms with Crippen LogP contribution in [-0.4, -0.2) is 0 Å². The van der Waals surface area contributed by atoms with Crippen LogP contribution in [0.4, 0.5) is 0 Å². The molecule has 0 aliphatic carbocycles. The second kappa shape index (κ2) is 14.9. The van der Waals surface area contributed by atoms with Crippen LogP contribution in [0.15, 0.2) is 0 Å². The van der Waals surface area contributed by atoms with Gasteiger partial charge in [-0.15, -0.1) is 0 Å². The number of rotatable bonds is 16. The lowest BCUT2D eigenvalue weighted by atomic mass is 9.84. The van der Waals surface area contributed by atoms with E-state index in [1.165, 1.54) is 103 Å². The molecule has 0 saturated carbocycles. The van der Waals surface area contributed by atoms with Gasteiger partial charge in [0, 0.05) is 0 Å². The molecule has 0 radical (unpaired) electrons. The summed E-state index contributed by atoms with van der Waals surface area (Å²) in [5.41, 5.74) is 0.580. The van der Waals surface area contributed by atoms with Gasteiger partial charge in [0.25, 0.3) is 0 Å². The van der Waals surface area contributed by atoms with E-state index < -0.39 is 0 Å². The van der Waals surface area contributed by atoms with Crippen molar-refractivity contribution in [3.63, 3.8) is 0 Å². The van der Waals surface area contributed by atoms with E-state index in [-0.39, 0.29) is 0 Å². The third-order valence-corrected chi connectivity index (χ3v) is 5.16. The van der Waals surface area contributed by atoms with E-state index in [9.17, 15) is 0 Å². The first-order chi connectivity index (χ1) is 10.1. The van der Waals surface area contributed by atoms with Crippen molar-refractivity contribution in [3.05, 3.63) is 0 Å². The highest BCUT2D eigenvalue weighted by Crippen LogP contribution is 2.27. The van der Waals surface area contributed by atoms with Crippen molar-refractivity contribution < 1.29 is 0 Å². The average Bonchev–Trinajstić information content (AvgIpc) is 2.47. The second-order valence-electron chi connectivity index (χ2n) is 7.86. The van der Waals surface area contributed by atoms with Crippen LogP contribution in [0.1, 0.15) is 130 Å². The zero-order valence-corrected chi connectivity index (χ0v) is 15.8. The molecule has 0 bridgehead atoms. The van der Waals surface area contributed by atoms with E-state index in [0.29, 0.717) is 5.41 Å². The van der Waals surface area contributed by atoms with Gasteiger partial charge in [-0.25, -0.2) is 0 Å². The first-order valence-corrected chi connectivity index (χ1v) is 10.1. The Labute approximate surface area is 136 Å². The molecule has 0 aromatic rings. The standard InChI is InChI=1S/C21H44/c1-5-7-8-9-10-11-12-13-14-15-16-17-18-19-20-21(3,4)6-2/h5-20H2,1-4H3. The van der Waals surface area contributed by atoms with E-state index in [1.807, 2.05) is 0 Å². The van der Waals surface area contributed by atoms with Crippen LogP contribution < -0.4 is 0 Å². The number of hydrogen-bond donors (Lipinski definition) is 0. The fourth-order valence-electron chi connectivity index (χ4n) is 2.97. The molecular formula is C21H44. The van der Waals surface area contributed by atoms with Crippen LogP contribution in [0.25, 0.3) is 0 Å². The van der Waals surface area contributed by atoms with Gasteiger partial charge in [-0.3, -0.25) is 0 Å². The Morgan fingerprint density at radius 3 is 1.14 bits per heavy atom. The fourth-order valence-corrected chi connectivity index (χ4v) is 2.97. The summed E-state index contributed by atoms with van der Waals surface area (Å²) in [5.74, 6) is 0. The molecule has 0 saturated heterocycles. The summed E-state index contributed by atoms with van der Waals surface area (Å²) in [6, 6.07) is 0. The second-order valence-corrected chi connectivity index (χ2v) is 7.86. The molecule has 0 N–H and O–H groups in total. The summed E-state index contributed by atoms with van der Waals surface area (Å²) in [6.45, 7) is 9.44. The van der Waals surface area contributed by atoms with Crippen molar-refractivity contribution in [1.29, 1.82) is 0 Å². The summed E-state index contributed by atoms with van der Waals surface area (Å²) in [5, 5.41) is 0. The predicted octanol–water partition coefficient (Wildman–Crippen LogP) is 8.29. The van der Waals surface area contributed by atoms with Gasteiger partial charge in [0.1, 0.15) is 0 Å². The van der Waals surface area contributed by atoms with E-state index in [2.05, 4.69) is 27.7 Å². The van der Waals surface area contributed by atoms with Gasteiger partial charge < -0.3 is 0 Å². The quantitative estimate of drug-likeness (QED) is 0.251. The molecule has 0 spiro atoms. The molecule has 0 aromatic carbocycles. The maximum absolute atomic E-state index is 2.41. The molecular weight excluding hydrogens is 252 g/mol. The third kappa shape index (κ3) is 16.2. The highest BCUT2D eigenvalue weighted by atomic mass is 14.2. The van der Waals surface area contributed by atoms with Crippen LogP contribution in [-0.2, 0) is 0 Å². The van der Waals surface area contributed by atoms with Crippen LogP contribution >= 0.6 is 0 Å². The minimum Gasteiger partial charge on any atom is -0.0654 e. The molecule has 0 aliphatic heterocycles. The van der Waals surface area contributed by atoms with Crippen molar-refractivity contribution in [2.75, 3.05) is 0 Å². The van der Waals surface area contributed by atoms with Crippen molar-refractivity contribution in [2.24, 2.45) is 5.41 Å². The lowest BCUT2D eigenvalue weighted by Crippen LogP contribution is -2.08. The summed E-state index contributed by atoms with van der Waals surface area (Å²) in [6.07, 6.45) is 23.2. The zero-order chi connectivity index (χ0) is 15.8. The number of hydrogen-bond acceptors (Lipinski definition) is 0. The summed E-state index contributed by atoms with van der Waals surface area (Å²) >= 11 is 0. The maximum Gasteiger partial charge on any atom is -0.0357 e. The van der Waals surface area contributed by atoms with Gasteiger partial charge in [-0.1, -0.05) is 124 Å². The molecule has 0 aliphatic rings. The molecule has 128 valence electrons. The molecule has 0 unspecified atom stereocenters. The normalized spacial score (nSPS) is 12.0. The third-order valence-electron chi connectivity index (χ3n) is 5.16. The van der Waals surface area contributed by atoms with E-state index in [0.717, 1.165) is 0 Å². The lowest BCUT2D eigenvalue weighted by Gasteiger charge is -2.22. The van der Waals surface area contributed by atoms with Gasteiger partial charge in [0.2, 0.25) is 0 Å². The molecule has 0 heterocycles. The summed E-state index contributed by atoms with van der Waals surface area (Å²) in [4.78, 5) is 0. The lowest BCUT2D eigenvalue weighted by molar-refractivity contribution is 0.307. The Morgan fingerprint density at radius 1 is 0.476 bits per heavy atom. The first kappa shape index (κ1) is 21.0. The average molecular weight is 297 g/mol. The maximum atomic E-state index is 2.41. The van der Waals surface area contributed by atoms with Crippen molar-refractivity contribution in [2.45, 2.75) is 130 Å². The monoisotopic (exact) mass is 296 g/mol. The molecule has 0 aromatic heterocycles. The van der Waals surface area contributed by atoms with Gasteiger partial charge >= 0.3 is 0 Å². The van der Waals surface area contributed by atoms with E-state index >= 15 is 0 Å². The van der Waals surface area contributed by atoms with Gasteiger partial charge in [0.05, 0.1) is 0 Å². The number of unbranched alkanes of at least 4 members (excludes halogenated alkanes) is 13. The largest absolute Gasteiger partial charge is 0.0654 e. The molecule has 0 fully saturated rings. The van der Waals surface area contributed by atoms with Crippen molar-refractivity contribution in [1.82, 2.24) is 0 Å². The molecule has 0 nitrogen and oxygen atoms in total. The highest BCUT2D eigenvalue weighted by Gasteiger charge is 2.13. The van der Waals surface area contributed by atoms with Gasteiger partial charge in [-0.2, -0.15) is 0 Å². The van der Waals surface area contributed by atoms with E-state index in [4.69, 9.17) is 0 Å². The van der Waals surface area contributed by atoms with Crippen LogP contribution in [0, 0.1) is 5.41 Å². The zero-order valence-electron chi connectivity index (χ0n) is 15.8. The van der Waals surface area contributed by atoms with Gasteiger partial charge in [-0.05, 0) is 11.8 Å². The van der Waals surface area contributed by atoms with Gasteiger partial charge in [0.15, 0.2) is 0 Å². The Balaban J connectivity index is 3.06. The fraction of sp³-hybridized carbons (Fsp3) is 1.00.